The van der Waals surface area contributed by atoms with Crippen LogP contribution in [0.25, 0.3) is 11.0 Å². The molecule has 0 unspecified atom stereocenters. The molecule has 2 atom stereocenters. The van der Waals surface area contributed by atoms with Crippen molar-refractivity contribution < 1.29 is 18.0 Å². The Balaban J connectivity index is 1.77. The van der Waals surface area contributed by atoms with E-state index >= 15 is 0 Å². The van der Waals surface area contributed by atoms with Gasteiger partial charge in [-0.1, -0.05) is 25.6 Å². The van der Waals surface area contributed by atoms with Crippen LogP contribution in [0.4, 0.5) is 0 Å². The van der Waals surface area contributed by atoms with Gasteiger partial charge in [-0.05, 0) is 55.0 Å². The fourth-order valence-electron chi connectivity index (χ4n) is 3.23. The fraction of sp³-hybridized carbons (Fsp3) is 0.632. The van der Waals surface area contributed by atoms with E-state index in [9.17, 15) is 13.2 Å². The quantitative estimate of drug-likeness (QED) is 0.722. The summed E-state index contributed by atoms with van der Waals surface area (Å²) in [7, 11) is -3.61. The zero-order chi connectivity index (χ0) is 21.2. The van der Waals surface area contributed by atoms with Crippen molar-refractivity contribution in [2.24, 2.45) is 11.8 Å². The summed E-state index contributed by atoms with van der Waals surface area (Å²) in [4.78, 5) is 18.8. The van der Waals surface area contributed by atoms with Gasteiger partial charge in [0.05, 0.1) is 4.90 Å². The van der Waals surface area contributed by atoms with Gasteiger partial charge >= 0.3 is 0 Å². The predicted octanol–water partition coefficient (Wildman–Crippen LogP) is 1.44. The van der Waals surface area contributed by atoms with Crippen LogP contribution >= 0.6 is 0 Å². The van der Waals surface area contributed by atoms with E-state index in [4.69, 9.17) is 4.84 Å². The SMILES string of the molecule is CC(C)[C@H](C)NC(=O)COn1nnc2ccc(S(=O)(=O)N3CCC[C@@H](C)C3)cc21. The highest BCUT2D eigenvalue weighted by Crippen LogP contribution is 2.25. The Morgan fingerprint density at radius 1 is 1.34 bits per heavy atom. The van der Waals surface area contributed by atoms with Gasteiger partial charge in [0.25, 0.3) is 5.91 Å². The monoisotopic (exact) mass is 423 g/mol. The first-order valence-electron chi connectivity index (χ1n) is 9.96. The molecule has 1 aliphatic rings. The van der Waals surface area contributed by atoms with E-state index in [-0.39, 0.29) is 23.5 Å². The number of amides is 1. The number of aromatic nitrogens is 3. The van der Waals surface area contributed by atoms with E-state index in [0.717, 1.165) is 17.7 Å². The average molecular weight is 424 g/mol. The van der Waals surface area contributed by atoms with Crippen LogP contribution in [-0.2, 0) is 14.8 Å². The molecule has 3 rings (SSSR count). The van der Waals surface area contributed by atoms with Crippen LogP contribution in [0.3, 0.4) is 0 Å². The maximum atomic E-state index is 13.0. The predicted molar refractivity (Wildman–Crippen MR) is 109 cm³/mol. The third kappa shape index (κ3) is 4.87. The molecule has 160 valence electrons. The first kappa shape index (κ1) is 21.5. The number of fused-ring (bicyclic) bond motifs is 1. The molecule has 29 heavy (non-hydrogen) atoms. The molecule has 0 saturated carbocycles. The summed E-state index contributed by atoms with van der Waals surface area (Å²) in [6, 6.07) is 4.65. The second-order valence-corrected chi connectivity index (χ2v) is 10.0. The average Bonchev–Trinajstić information content (AvgIpc) is 3.08. The van der Waals surface area contributed by atoms with Crippen molar-refractivity contribution in [3.63, 3.8) is 0 Å². The van der Waals surface area contributed by atoms with E-state index in [0.29, 0.717) is 36.0 Å². The summed E-state index contributed by atoms with van der Waals surface area (Å²) in [5.74, 6) is 0.363. The maximum absolute atomic E-state index is 13.0. The van der Waals surface area contributed by atoms with Gasteiger partial charge in [-0.15, -0.1) is 5.10 Å². The zero-order valence-corrected chi connectivity index (χ0v) is 18.1. The molecule has 1 saturated heterocycles. The molecule has 0 radical (unpaired) electrons. The van der Waals surface area contributed by atoms with Crippen LogP contribution in [-0.4, -0.2) is 59.5 Å². The largest absolute Gasteiger partial charge is 0.385 e. The number of carbonyl (C=O) groups is 1. The van der Waals surface area contributed by atoms with E-state index in [1.807, 2.05) is 20.8 Å². The number of nitrogens with one attached hydrogen (secondary N) is 1. The molecule has 0 spiro atoms. The van der Waals surface area contributed by atoms with Gasteiger partial charge in [-0.3, -0.25) is 4.79 Å². The molecular weight excluding hydrogens is 394 g/mol. The van der Waals surface area contributed by atoms with Crippen molar-refractivity contribution in [3.05, 3.63) is 18.2 Å². The second kappa shape index (κ2) is 8.66. The number of hydrogen-bond acceptors (Lipinski definition) is 6. The molecule has 10 heteroatoms. The van der Waals surface area contributed by atoms with Crippen LogP contribution < -0.4 is 10.2 Å². The molecule has 9 nitrogen and oxygen atoms in total. The maximum Gasteiger partial charge on any atom is 0.260 e. The molecule has 1 N–H and O–H groups in total. The lowest BCUT2D eigenvalue weighted by Crippen LogP contribution is -2.40. The molecular formula is C19H29N5O4S. The Bertz CT molecular complexity index is 972. The number of piperidine rings is 1. The molecule has 1 fully saturated rings. The minimum absolute atomic E-state index is 0.0160. The molecule has 2 heterocycles. The highest BCUT2D eigenvalue weighted by atomic mass is 32.2. The Kier molecular flexibility index (Phi) is 6.42. The number of hydrogen-bond donors (Lipinski definition) is 1. The fourth-order valence-corrected chi connectivity index (χ4v) is 4.85. The summed E-state index contributed by atoms with van der Waals surface area (Å²) in [6.07, 6.45) is 1.89. The highest BCUT2D eigenvalue weighted by Gasteiger charge is 2.29. The first-order chi connectivity index (χ1) is 13.7. The van der Waals surface area contributed by atoms with Gasteiger partial charge in [0.15, 0.2) is 6.61 Å². The van der Waals surface area contributed by atoms with Crippen LogP contribution in [0.5, 0.6) is 0 Å². The van der Waals surface area contributed by atoms with E-state index in [2.05, 4.69) is 22.6 Å². The van der Waals surface area contributed by atoms with E-state index < -0.39 is 10.0 Å². The number of benzene rings is 1. The van der Waals surface area contributed by atoms with E-state index in [1.54, 1.807) is 6.07 Å². The van der Waals surface area contributed by atoms with Crippen molar-refractivity contribution in [3.8, 4) is 0 Å². The molecule has 0 aliphatic carbocycles. The lowest BCUT2D eigenvalue weighted by molar-refractivity contribution is -0.127. The lowest BCUT2D eigenvalue weighted by Gasteiger charge is -2.30. The van der Waals surface area contributed by atoms with Crippen molar-refractivity contribution >= 4 is 27.0 Å². The summed E-state index contributed by atoms with van der Waals surface area (Å²) in [5.41, 5.74) is 0.896. The van der Waals surface area contributed by atoms with Crippen molar-refractivity contribution in [2.45, 2.75) is 51.5 Å². The molecule has 1 aliphatic heterocycles. The van der Waals surface area contributed by atoms with E-state index in [1.165, 1.54) is 16.4 Å². The van der Waals surface area contributed by atoms with Crippen molar-refractivity contribution in [1.29, 1.82) is 0 Å². The number of nitrogens with zero attached hydrogens (tertiary/aromatic N) is 4. The van der Waals surface area contributed by atoms with Crippen molar-refractivity contribution in [2.75, 3.05) is 19.7 Å². The lowest BCUT2D eigenvalue weighted by atomic mass is 10.0. The standard InChI is InChI=1S/C19H29N5O4S/c1-13(2)15(4)20-19(25)12-28-24-18-10-16(7-8-17(18)21-22-24)29(26,27)23-9-5-6-14(3)11-23/h7-8,10,13-15H,5-6,9,11-12H2,1-4H3,(H,20,25)/t14-,15+/m1/s1. The molecule has 2 aromatic rings. The van der Waals surface area contributed by atoms with Crippen LogP contribution in [0, 0.1) is 11.8 Å². The van der Waals surface area contributed by atoms with Crippen LogP contribution in [0.2, 0.25) is 0 Å². The third-order valence-corrected chi connectivity index (χ3v) is 7.21. The number of sulfonamides is 1. The normalized spacial score (nSPS) is 19.4. The molecule has 1 aromatic heterocycles. The van der Waals surface area contributed by atoms with Crippen molar-refractivity contribution in [1.82, 2.24) is 24.8 Å². The molecule has 0 bridgehead atoms. The molecule has 1 amide bonds. The zero-order valence-electron chi connectivity index (χ0n) is 17.3. The highest BCUT2D eigenvalue weighted by molar-refractivity contribution is 7.89. The number of carbonyl (C=O) groups excluding carboxylic acids is 1. The third-order valence-electron chi connectivity index (χ3n) is 5.35. The van der Waals surface area contributed by atoms with Gasteiger partial charge in [0.1, 0.15) is 11.0 Å². The minimum Gasteiger partial charge on any atom is -0.385 e. The summed E-state index contributed by atoms with van der Waals surface area (Å²) >= 11 is 0. The summed E-state index contributed by atoms with van der Waals surface area (Å²) in [5, 5.41) is 10.7. The Morgan fingerprint density at radius 3 is 2.79 bits per heavy atom. The van der Waals surface area contributed by atoms with Gasteiger partial charge in [0, 0.05) is 19.1 Å². The Labute approximate surface area is 171 Å². The first-order valence-corrected chi connectivity index (χ1v) is 11.4. The Morgan fingerprint density at radius 2 is 2.10 bits per heavy atom. The van der Waals surface area contributed by atoms with Gasteiger partial charge in [-0.2, -0.15) is 4.31 Å². The van der Waals surface area contributed by atoms with Crippen LogP contribution in [0.15, 0.2) is 23.1 Å². The second-order valence-electron chi connectivity index (χ2n) is 8.10. The molecule has 1 aromatic carbocycles. The van der Waals surface area contributed by atoms with Gasteiger partial charge in [0.2, 0.25) is 10.0 Å². The smallest absolute Gasteiger partial charge is 0.260 e. The van der Waals surface area contributed by atoms with Gasteiger partial charge in [-0.25, -0.2) is 8.42 Å². The number of rotatable bonds is 7. The summed E-state index contributed by atoms with van der Waals surface area (Å²) < 4.78 is 27.6. The Hall–Kier alpha value is -2.20. The summed E-state index contributed by atoms with van der Waals surface area (Å²) in [6.45, 7) is 8.81. The van der Waals surface area contributed by atoms with Gasteiger partial charge < -0.3 is 10.2 Å². The minimum atomic E-state index is -3.61. The van der Waals surface area contributed by atoms with Crippen LogP contribution in [0.1, 0.15) is 40.5 Å². The topological polar surface area (TPSA) is 106 Å².